The smallest absolute Gasteiger partial charge is 0.374 e. The molecule has 1 heterocycles. The van der Waals surface area contributed by atoms with Gasteiger partial charge in [0.1, 0.15) is 0 Å². The van der Waals surface area contributed by atoms with E-state index < -0.39 is 5.97 Å². The van der Waals surface area contributed by atoms with E-state index in [1.807, 2.05) is 11.8 Å². The molecule has 0 saturated heterocycles. The molecule has 18 heavy (non-hydrogen) atoms. The van der Waals surface area contributed by atoms with E-state index in [0.29, 0.717) is 18.3 Å². The average Bonchev–Trinajstić information content (AvgIpc) is 2.84. The number of rotatable bonds is 8. The zero-order chi connectivity index (χ0) is 13.4. The van der Waals surface area contributed by atoms with Gasteiger partial charge in [0.2, 0.25) is 5.76 Å². The number of hydrogen-bond donors (Lipinski definition) is 1. The van der Waals surface area contributed by atoms with Gasteiger partial charge >= 0.3 is 5.97 Å². The molecule has 1 rings (SSSR count). The van der Waals surface area contributed by atoms with Gasteiger partial charge in [0, 0.05) is 18.2 Å². The molecule has 0 saturated carbocycles. The summed E-state index contributed by atoms with van der Waals surface area (Å²) >= 11 is 1.94. The zero-order valence-electron chi connectivity index (χ0n) is 11.2. The molecule has 1 aromatic heterocycles. The van der Waals surface area contributed by atoms with Crippen molar-refractivity contribution >= 4 is 17.7 Å². The second-order valence-corrected chi connectivity index (χ2v) is 5.43. The Bertz CT molecular complexity index is 365. The van der Waals surface area contributed by atoms with Crippen LogP contribution in [-0.2, 0) is 11.3 Å². The Balaban J connectivity index is 2.39. The molecule has 0 spiro atoms. The quantitative estimate of drug-likeness (QED) is 0.582. The van der Waals surface area contributed by atoms with Crippen molar-refractivity contribution in [1.29, 1.82) is 0 Å². The van der Waals surface area contributed by atoms with Crippen LogP contribution in [0.4, 0.5) is 0 Å². The van der Waals surface area contributed by atoms with Gasteiger partial charge in [-0.2, -0.15) is 11.8 Å². The number of carbonyl (C=O) groups is 1. The van der Waals surface area contributed by atoms with Crippen LogP contribution in [0.25, 0.3) is 0 Å². The van der Waals surface area contributed by atoms with Gasteiger partial charge < -0.3 is 14.5 Å². The summed E-state index contributed by atoms with van der Waals surface area (Å²) in [5.41, 5.74) is 0.844. The number of hydrogen-bond acceptors (Lipinski definition) is 5. The fourth-order valence-corrected chi connectivity index (χ4v) is 2.35. The molecule has 0 aliphatic heterocycles. The molecule has 1 unspecified atom stereocenters. The van der Waals surface area contributed by atoms with E-state index in [9.17, 15) is 4.79 Å². The van der Waals surface area contributed by atoms with Crippen molar-refractivity contribution in [3.05, 3.63) is 23.7 Å². The lowest BCUT2D eigenvalue weighted by Gasteiger charge is -2.12. The third-order valence-corrected chi connectivity index (χ3v) is 3.59. The summed E-state index contributed by atoms with van der Waals surface area (Å²) in [7, 11) is 1.35. The number of carbonyl (C=O) groups excluding carboxylic acids is 1. The van der Waals surface area contributed by atoms with Crippen LogP contribution in [0.15, 0.2) is 16.7 Å². The first-order valence-electron chi connectivity index (χ1n) is 6.14. The number of thioether (sulfide) groups is 1. The summed E-state index contributed by atoms with van der Waals surface area (Å²) in [6.45, 7) is 4.93. The molecule has 102 valence electrons. The lowest BCUT2D eigenvalue weighted by atomic mass is 10.2. The summed E-state index contributed by atoms with van der Waals surface area (Å²) in [4.78, 5) is 11.4. The first kappa shape index (κ1) is 15.1. The van der Waals surface area contributed by atoms with Crippen LogP contribution in [0.2, 0.25) is 0 Å². The molecule has 0 amide bonds. The highest BCUT2D eigenvalue weighted by atomic mass is 32.2. The van der Waals surface area contributed by atoms with Crippen LogP contribution in [0, 0.1) is 0 Å². The maximum atomic E-state index is 11.4. The van der Waals surface area contributed by atoms with Gasteiger partial charge in [-0.3, -0.25) is 0 Å². The molecule has 4 nitrogen and oxygen atoms in total. The largest absolute Gasteiger partial charge is 0.463 e. The van der Waals surface area contributed by atoms with Crippen LogP contribution in [0.1, 0.15) is 36.4 Å². The predicted molar refractivity (Wildman–Crippen MR) is 74.0 cm³/mol. The molecule has 0 aliphatic rings. The van der Waals surface area contributed by atoms with Gasteiger partial charge in [-0.1, -0.05) is 6.92 Å². The highest BCUT2D eigenvalue weighted by Crippen LogP contribution is 2.12. The van der Waals surface area contributed by atoms with Gasteiger partial charge in [0.25, 0.3) is 0 Å². The molecule has 0 aliphatic carbocycles. The second-order valence-electron chi connectivity index (χ2n) is 4.03. The molecular weight excluding hydrogens is 250 g/mol. The monoisotopic (exact) mass is 271 g/mol. The van der Waals surface area contributed by atoms with Crippen LogP contribution in [-0.4, -0.2) is 30.6 Å². The van der Waals surface area contributed by atoms with Crippen LogP contribution < -0.4 is 5.32 Å². The number of methoxy groups -OCH3 is 1. The Hall–Kier alpha value is -0.940. The first-order valence-corrected chi connectivity index (χ1v) is 7.30. The van der Waals surface area contributed by atoms with Gasteiger partial charge in [0.15, 0.2) is 0 Å². The number of esters is 1. The van der Waals surface area contributed by atoms with Crippen molar-refractivity contribution < 1.29 is 13.9 Å². The third-order valence-electron chi connectivity index (χ3n) is 2.66. The maximum absolute atomic E-state index is 11.4. The van der Waals surface area contributed by atoms with Crippen molar-refractivity contribution in [3.8, 4) is 0 Å². The molecule has 0 fully saturated rings. The molecule has 5 heteroatoms. The molecule has 1 N–H and O–H groups in total. The Morgan fingerprint density at radius 1 is 1.61 bits per heavy atom. The fraction of sp³-hybridized carbons (Fsp3) is 0.615. The molecule has 0 bridgehead atoms. The number of ether oxygens (including phenoxy) is 1. The number of furan rings is 1. The third kappa shape index (κ3) is 4.74. The highest BCUT2D eigenvalue weighted by Gasteiger charge is 2.15. The van der Waals surface area contributed by atoms with Crippen molar-refractivity contribution in [3.63, 3.8) is 0 Å². The minimum absolute atomic E-state index is 0.292. The summed E-state index contributed by atoms with van der Waals surface area (Å²) in [5.74, 6) is 2.17. The van der Waals surface area contributed by atoms with Crippen LogP contribution in [0.3, 0.4) is 0 Å². The molecular formula is C13H21NO3S. The van der Waals surface area contributed by atoms with Gasteiger partial charge in [-0.25, -0.2) is 4.79 Å². The van der Waals surface area contributed by atoms with E-state index in [1.54, 1.807) is 6.07 Å². The zero-order valence-corrected chi connectivity index (χ0v) is 12.0. The predicted octanol–water partition coefficient (Wildman–Crippen LogP) is 2.69. The SMILES string of the molecule is CCSCCC(C)NCc1ccoc1C(=O)OC. The lowest BCUT2D eigenvalue weighted by molar-refractivity contribution is 0.0563. The fourth-order valence-electron chi connectivity index (χ4n) is 1.54. The summed E-state index contributed by atoms with van der Waals surface area (Å²) in [6.07, 6.45) is 2.63. The minimum atomic E-state index is -0.425. The van der Waals surface area contributed by atoms with Gasteiger partial charge in [0.05, 0.1) is 13.4 Å². The topological polar surface area (TPSA) is 51.5 Å². The van der Waals surface area contributed by atoms with Gasteiger partial charge in [-0.15, -0.1) is 0 Å². The first-order chi connectivity index (χ1) is 8.69. The maximum Gasteiger partial charge on any atom is 0.374 e. The van der Waals surface area contributed by atoms with Crippen LogP contribution in [0.5, 0.6) is 0 Å². The Kier molecular flexibility index (Phi) is 6.90. The van der Waals surface area contributed by atoms with Gasteiger partial charge in [-0.05, 0) is 30.9 Å². The minimum Gasteiger partial charge on any atom is -0.463 e. The van der Waals surface area contributed by atoms with Crippen molar-refractivity contribution in [2.45, 2.75) is 32.9 Å². The van der Waals surface area contributed by atoms with E-state index in [4.69, 9.17) is 4.42 Å². The van der Waals surface area contributed by atoms with E-state index in [1.165, 1.54) is 13.4 Å². The van der Waals surface area contributed by atoms with Crippen molar-refractivity contribution in [2.75, 3.05) is 18.6 Å². The standard InChI is InChI=1S/C13H21NO3S/c1-4-18-8-6-10(2)14-9-11-5-7-17-12(11)13(15)16-3/h5,7,10,14H,4,6,8-9H2,1-3H3. The summed E-state index contributed by atoms with van der Waals surface area (Å²) in [6, 6.07) is 2.22. The van der Waals surface area contributed by atoms with Crippen molar-refractivity contribution in [2.24, 2.45) is 0 Å². The normalized spacial score (nSPS) is 12.4. The molecule has 0 radical (unpaired) electrons. The highest BCUT2D eigenvalue weighted by molar-refractivity contribution is 7.99. The Morgan fingerprint density at radius 3 is 3.06 bits per heavy atom. The number of nitrogens with one attached hydrogen (secondary N) is 1. The van der Waals surface area contributed by atoms with E-state index in [-0.39, 0.29) is 0 Å². The van der Waals surface area contributed by atoms with Crippen LogP contribution >= 0.6 is 11.8 Å². The Labute approximate surface area is 112 Å². The summed E-state index contributed by atoms with van der Waals surface area (Å²) in [5, 5.41) is 3.38. The van der Waals surface area contributed by atoms with E-state index >= 15 is 0 Å². The molecule has 0 aromatic carbocycles. The van der Waals surface area contributed by atoms with Crippen molar-refractivity contribution in [1.82, 2.24) is 5.32 Å². The Morgan fingerprint density at radius 2 is 2.39 bits per heavy atom. The summed E-state index contributed by atoms with van der Waals surface area (Å²) < 4.78 is 9.79. The van der Waals surface area contributed by atoms with E-state index in [0.717, 1.165) is 23.5 Å². The molecule has 1 atom stereocenters. The lowest BCUT2D eigenvalue weighted by Crippen LogP contribution is -2.26. The second kappa shape index (κ2) is 8.21. The molecule has 1 aromatic rings. The average molecular weight is 271 g/mol. The van der Waals surface area contributed by atoms with E-state index in [2.05, 4.69) is 23.9 Å².